The lowest BCUT2D eigenvalue weighted by Gasteiger charge is -2.42. The first-order valence-electron chi connectivity index (χ1n) is 8.39. The van der Waals surface area contributed by atoms with Gasteiger partial charge >= 0.3 is 0 Å². The molecule has 0 bridgehead atoms. The Morgan fingerprint density at radius 2 is 1.42 bits per heavy atom. The zero-order chi connectivity index (χ0) is 13.5. The molecule has 0 radical (unpaired) electrons. The van der Waals surface area contributed by atoms with Crippen molar-refractivity contribution in [3.63, 3.8) is 0 Å². The summed E-state index contributed by atoms with van der Waals surface area (Å²) in [6.45, 7) is 1.59. The Kier molecular flexibility index (Phi) is 6.62. The fraction of sp³-hybridized carbons (Fsp3) is 1.00. The predicted octanol–water partition coefficient (Wildman–Crippen LogP) is 2.53. The number of hydrogen-bond donors (Lipinski definition) is 2. The normalized spacial score (nSPS) is 24.8. The van der Waals surface area contributed by atoms with Crippen molar-refractivity contribution in [1.29, 1.82) is 0 Å². The van der Waals surface area contributed by atoms with Crippen molar-refractivity contribution in [2.45, 2.75) is 82.4 Å². The van der Waals surface area contributed by atoms with Crippen LogP contribution in [-0.4, -0.2) is 48.3 Å². The molecule has 0 aromatic rings. The summed E-state index contributed by atoms with van der Waals surface area (Å²) in [6, 6.07) is 1.48. The van der Waals surface area contributed by atoms with E-state index in [0.29, 0.717) is 0 Å². The van der Waals surface area contributed by atoms with Crippen LogP contribution in [0.15, 0.2) is 0 Å². The van der Waals surface area contributed by atoms with Gasteiger partial charge in [0.05, 0.1) is 6.10 Å². The Labute approximate surface area is 118 Å². The lowest BCUT2D eigenvalue weighted by atomic mass is 9.88. The van der Waals surface area contributed by atoms with E-state index in [-0.39, 0.29) is 6.10 Å². The van der Waals surface area contributed by atoms with Gasteiger partial charge in [-0.3, -0.25) is 4.90 Å². The molecular weight excluding hydrogens is 236 g/mol. The lowest BCUT2D eigenvalue weighted by Crippen LogP contribution is -2.49. The molecule has 0 heterocycles. The van der Waals surface area contributed by atoms with Gasteiger partial charge in [-0.2, -0.15) is 0 Å². The Bertz CT molecular complexity index is 217. The van der Waals surface area contributed by atoms with Crippen LogP contribution in [0, 0.1) is 0 Å². The van der Waals surface area contributed by atoms with Gasteiger partial charge in [-0.15, -0.1) is 0 Å². The molecule has 2 aliphatic rings. The molecule has 112 valence electrons. The average molecular weight is 268 g/mol. The van der Waals surface area contributed by atoms with Crippen molar-refractivity contribution in [1.82, 2.24) is 10.2 Å². The first-order chi connectivity index (χ1) is 9.31. The average Bonchev–Trinajstić information content (AvgIpc) is 2.47. The molecule has 0 saturated heterocycles. The molecule has 2 N–H and O–H groups in total. The second kappa shape index (κ2) is 8.23. The van der Waals surface area contributed by atoms with Crippen molar-refractivity contribution in [2.24, 2.45) is 0 Å². The molecule has 2 saturated carbocycles. The van der Waals surface area contributed by atoms with E-state index < -0.39 is 0 Å². The minimum Gasteiger partial charge on any atom is -0.390 e. The highest BCUT2D eigenvalue weighted by atomic mass is 16.3. The largest absolute Gasteiger partial charge is 0.390 e. The molecule has 3 heteroatoms. The third-order valence-electron chi connectivity index (χ3n) is 4.95. The smallest absolute Gasteiger partial charge is 0.0791 e. The summed E-state index contributed by atoms with van der Waals surface area (Å²) in [5, 5.41) is 13.3. The molecule has 1 unspecified atom stereocenters. The zero-order valence-corrected chi connectivity index (χ0v) is 12.6. The van der Waals surface area contributed by atoms with Crippen LogP contribution in [0.4, 0.5) is 0 Å². The maximum Gasteiger partial charge on any atom is 0.0791 e. The SMILES string of the molecule is CNCC(O)CN(C1CCCCC1)C1CCCCC1. The maximum atomic E-state index is 10.2. The molecular formula is C16H32N2O. The number of nitrogens with one attached hydrogen (secondary N) is 1. The molecule has 0 amide bonds. The quantitative estimate of drug-likeness (QED) is 0.777. The molecule has 0 aromatic heterocycles. The van der Waals surface area contributed by atoms with Gasteiger partial charge in [-0.25, -0.2) is 0 Å². The van der Waals surface area contributed by atoms with E-state index in [9.17, 15) is 5.11 Å². The van der Waals surface area contributed by atoms with Gasteiger partial charge in [0.25, 0.3) is 0 Å². The number of hydrogen-bond acceptors (Lipinski definition) is 3. The Morgan fingerprint density at radius 3 is 1.84 bits per heavy atom. The van der Waals surface area contributed by atoms with E-state index >= 15 is 0 Å². The molecule has 0 aromatic carbocycles. The van der Waals surface area contributed by atoms with Crippen molar-refractivity contribution in [2.75, 3.05) is 20.1 Å². The van der Waals surface area contributed by atoms with E-state index in [1.807, 2.05) is 7.05 Å². The summed E-state index contributed by atoms with van der Waals surface area (Å²) >= 11 is 0. The predicted molar refractivity (Wildman–Crippen MR) is 80.4 cm³/mol. The third kappa shape index (κ3) is 4.73. The minimum absolute atomic E-state index is 0.214. The van der Waals surface area contributed by atoms with Crippen LogP contribution < -0.4 is 5.32 Å². The molecule has 2 fully saturated rings. The molecule has 0 aliphatic heterocycles. The fourth-order valence-electron chi connectivity index (χ4n) is 3.97. The summed E-state index contributed by atoms with van der Waals surface area (Å²) < 4.78 is 0. The standard InChI is InChI=1S/C16H32N2O/c1-17-12-16(19)13-18(14-8-4-2-5-9-14)15-10-6-3-7-11-15/h14-17,19H,2-13H2,1H3. The summed E-state index contributed by atoms with van der Waals surface area (Å²) in [6.07, 6.45) is 13.5. The maximum absolute atomic E-state index is 10.2. The fourth-order valence-corrected chi connectivity index (χ4v) is 3.97. The highest BCUT2D eigenvalue weighted by Gasteiger charge is 2.29. The topological polar surface area (TPSA) is 35.5 Å². The van der Waals surface area contributed by atoms with Crippen LogP contribution in [0.3, 0.4) is 0 Å². The summed E-state index contributed by atoms with van der Waals surface area (Å²) in [5.74, 6) is 0. The number of rotatable bonds is 6. The monoisotopic (exact) mass is 268 g/mol. The molecule has 1 atom stereocenters. The lowest BCUT2D eigenvalue weighted by molar-refractivity contribution is 0.0301. The van der Waals surface area contributed by atoms with E-state index in [1.165, 1.54) is 64.2 Å². The summed E-state index contributed by atoms with van der Waals surface area (Å²) in [4.78, 5) is 2.68. The van der Waals surface area contributed by atoms with E-state index in [1.54, 1.807) is 0 Å². The van der Waals surface area contributed by atoms with Gasteiger partial charge in [0.1, 0.15) is 0 Å². The number of nitrogens with zero attached hydrogens (tertiary/aromatic N) is 1. The van der Waals surface area contributed by atoms with Crippen LogP contribution in [0.5, 0.6) is 0 Å². The second-order valence-electron chi connectivity index (χ2n) is 6.49. The van der Waals surface area contributed by atoms with Crippen LogP contribution in [0.2, 0.25) is 0 Å². The first kappa shape index (κ1) is 15.3. The van der Waals surface area contributed by atoms with Crippen LogP contribution in [0.25, 0.3) is 0 Å². The van der Waals surface area contributed by atoms with E-state index in [2.05, 4.69) is 10.2 Å². The second-order valence-corrected chi connectivity index (χ2v) is 6.49. The highest BCUT2D eigenvalue weighted by Crippen LogP contribution is 2.30. The van der Waals surface area contributed by atoms with Crippen molar-refractivity contribution < 1.29 is 5.11 Å². The van der Waals surface area contributed by atoms with Crippen LogP contribution in [-0.2, 0) is 0 Å². The van der Waals surface area contributed by atoms with Gasteiger partial charge in [0.15, 0.2) is 0 Å². The van der Waals surface area contributed by atoms with Gasteiger partial charge in [-0.05, 0) is 32.7 Å². The van der Waals surface area contributed by atoms with Crippen molar-refractivity contribution in [3.05, 3.63) is 0 Å². The Balaban J connectivity index is 1.94. The number of likely N-dealkylation sites (N-methyl/N-ethyl adjacent to an activating group) is 1. The van der Waals surface area contributed by atoms with Crippen molar-refractivity contribution >= 4 is 0 Å². The Hall–Kier alpha value is -0.120. The summed E-state index contributed by atoms with van der Waals surface area (Å²) in [7, 11) is 1.93. The van der Waals surface area contributed by atoms with Gasteiger partial charge in [0, 0.05) is 25.2 Å². The van der Waals surface area contributed by atoms with Gasteiger partial charge < -0.3 is 10.4 Å². The first-order valence-corrected chi connectivity index (χ1v) is 8.39. The zero-order valence-electron chi connectivity index (χ0n) is 12.6. The molecule has 3 nitrogen and oxygen atoms in total. The molecule has 2 aliphatic carbocycles. The van der Waals surface area contributed by atoms with Gasteiger partial charge in [0.2, 0.25) is 0 Å². The third-order valence-corrected chi connectivity index (χ3v) is 4.95. The minimum atomic E-state index is -0.214. The van der Waals surface area contributed by atoms with Crippen LogP contribution >= 0.6 is 0 Å². The van der Waals surface area contributed by atoms with E-state index in [0.717, 1.165) is 25.2 Å². The van der Waals surface area contributed by atoms with Gasteiger partial charge in [-0.1, -0.05) is 38.5 Å². The number of aliphatic hydroxyl groups is 1. The molecule has 2 rings (SSSR count). The van der Waals surface area contributed by atoms with Crippen LogP contribution in [0.1, 0.15) is 64.2 Å². The molecule has 19 heavy (non-hydrogen) atoms. The molecule has 0 spiro atoms. The van der Waals surface area contributed by atoms with E-state index in [4.69, 9.17) is 0 Å². The highest BCUT2D eigenvalue weighted by molar-refractivity contribution is 4.85. The number of aliphatic hydroxyl groups excluding tert-OH is 1. The van der Waals surface area contributed by atoms with Crippen molar-refractivity contribution in [3.8, 4) is 0 Å². The Morgan fingerprint density at radius 1 is 0.947 bits per heavy atom. The summed E-state index contributed by atoms with van der Waals surface area (Å²) in [5.41, 5.74) is 0.